The molecule has 0 radical (unpaired) electrons. The molecular formula is C21H31N3O3. The topological polar surface area (TPSA) is 73.2 Å². The van der Waals surface area contributed by atoms with Crippen molar-refractivity contribution in [2.24, 2.45) is 0 Å². The van der Waals surface area contributed by atoms with Crippen LogP contribution in [0.4, 0.5) is 0 Å². The zero-order valence-corrected chi connectivity index (χ0v) is 16.7. The van der Waals surface area contributed by atoms with E-state index < -0.39 is 0 Å². The zero-order chi connectivity index (χ0) is 19.6. The third-order valence-corrected chi connectivity index (χ3v) is 4.68. The number of carbonyl (C=O) groups is 1. The number of benzene rings is 1. The van der Waals surface area contributed by atoms with Crippen molar-refractivity contribution in [3.63, 3.8) is 0 Å². The molecule has 6 heteroatoms. The van der Waals surface area contributed by atoms with Crippen molar-refractivity contribution in [2.75, 3.05) is 13.7 Å². The number of hydrogen-bond donors (Lipinski definition) is 1. The molecule has 1 N–H and O–H groups in total. The van der Waals surface area contributed by atoms with Gasteiger partial charge in [0.15, 0.2) is 0 Å². The molecule has 0 bridgehead atoms. The molecule has 27 heavy (non-hydrogen) atoms. The van der Waals surface area contributed by atoms with Crippen LogP contribution in [0, 0.1) is 0 Å². The van der Waals surface area contributed by atoms with E-state index in [0.29, 0.717) is 36.3 Å². The normalized spacial score (nSPS) is 12.3. The van der Waals surface area contributed by atoms with Gasteiger partial charge in [0.25, 0.3) is 5.56 Å². The van der Waals surface area contributed by atoms with Crippen molar-refractivity contribution in [1.82, 2.24) is 14.9 Å². The number of fused-ring (bicyclic) bond motifs is 1. The fourth-order valence-electron chi connectivity index (χ4n) is 3.18. The molecule has 148 valence electrons. The highest BCUT2D eigenvalue weighted by Crippen LogP contribution is 2.14. The van der Waals surface area contributed by atoms with Crippen molar-refractivity contribution in [3.8, 4) is 0 Å². The lowest BCUT2D eigenvalue weighted by Gasteiger charge is -2.19. The van der Waals surface area contributed by atoms with E-state index in [9.17, 15) is 9.59 Å². The Balaban J connectivity index is 2.15. The number of carbonyl (C=O) groups excluding carboxylic acids is 1. The Labute approximate surface area is 160 Å². The second kappa shape index (κ2) is 10.8. The maximum atomic E-state index is 12.9. The summed E-state index contributed by atoms with van der Waals surface area (Å²) in [5, 5.41) is 3.57. The summed E-state index contributed by atoms with van der Waals surface area (Å²) >= 11 is 0. The molecule has 0 saturated heterocycles. The Hall–Kier alpha value is -2.21. The third kappa shape index (κ3) is 5.89. The summed E-state index contributed by atoms with van der Waals surface area (Å²) in [6.07, 6.45) is 6.04. The van der Waals surface area contributed by atoms with Gasteiger partial charge in [-0.2, -0.15) is 0 Å². The molecule has 1 heterocycles. The summed E-state index contributed by atoms with van der Waals surface area (Å²) < 4.78 is 6.75. The number of aromatic nitrogens is 2. The average molecular weight is 373 g/mol. The number of ether oxygens (including phenoxy) is 1. The molecule has 1 aromatic heterocycles. The molecule has 0 saturated carbocycles. The van der Waals surface area contributed by atoms with Gasteiger partial charge in [-0.05, 0) is 25.5 Å². The Kier molecular flexibility index (Phi) is 8.45. The third-order valence-electron chi connectivity index (χ3n) is 4.68. The monoisotopic (exact) mass is 373 g/mol. The van der Waals surface area contributed by atoms with Crippen LogP contribution in [0.3, 0.4) is 0 Å². The van der Waals surface area contributed by atoms with Crippen LogP contribution in [0.1, 0.15) is 64.2 Å². The molecule has 1 aromatic carbocycles. The summed E-state index contributed by atoms with van der Waals surface area (Å²) in [5.74, 6) is 0.565. The van der Waals surface area contributed by atoms with Gasteiger partial charge in [-0.1, -0.05) is 44.7 Å². The van der Waals surface area contributed by atoms with E-state index in [2.05, 4.69) is 17.2 Å². The van der Waals surface area contributed by atoms with E-state index in [1.807, 2.05) is 25.1 Å². The highest BCUT2D eigenvalue weighted by Gasteiger charge is 2.18. The van der Waals surface area contributed by atoms with E-state index >= 15 is 0 Å². The molecule has 1 atom stereocenters. The van der Waals surface area contributed by atoms with E-state index in [4.69, 9.17) is 4.74 Å². The molecule has 1 unspecified atom stereocenters. The molecule has 0 aliphatic heterocycles. The highest BCUT2D eigenvalue weighted by atomic mass is 16.5. The Morgan fingerprint density at radius 2 is 1.96 bits per heavy atom. The fourth-order valence-corrected chi connectivity index (χ4v) is 3.18. The van der Waals surface area contributed by atoms with Gasteiger partial charge in [0.05, 0.1) is 30.1 Å². The Morgan fingerprint density at radius 1 is 1.22 bits per heavy atom. The molecule has 0 aliphatic rings. The van der Waals surface area contributed by atoms with Gasteiger partial charge in [-0.15, -0.1) is 0 Å². The maximum absolute atomic E-state index is 12.9. The number of unbranched alkanes of at least 4 members (excludes halogenated alkanes) is 4. The van der Waals surface area contributed by atoms with Gasteiger partial charge < -0.3 is 10.1 Å². The van der Waals surface area contributed by atoms with Gasteiger partial charge in [-0.25, -0.2) is 4.98 Å². The summed E-state index contributed by atoms with van der Waals surface area (Å²) in [4.78, 5) is 29.8. The van der Waals surface area contributed by atoms with Crippen molar-refractivity contribution in [1.29, 1.82) is 0 Å². The highest BCUT2D eigenvalue weighted by molar-refractivity contribution is 5.78. The van der Waals surface area contributed by atoms with E-state index in [-0.39, 0.29) is 17.5 Å². The predicted octanol–water partition coefficient (Wildman–Crippen LogP) is 3.58. The average Bonchev–Trinajstić information content (AvgIpc) is 2.67. The lowest BCUT2D eigenvalue weighted by Crippen LogP contribution is -2.34. The van der Waals surface area contributed by atoms with E-state index in [1.165, 1.54) is 19.3 Å². The van der Waals surface area contributed by atoms with Crippen LogP contribution in [-0.4, -0.2) is 29.2 Å². The molecule has 0 fully saturated rings. The van der Waals surface area contributed by atoms with Crippen LogP contribution in [0.5, 0.6) is 0 Å². The predicted molar refractivity (Wildman–Crippen MR) is 108 cm³/mol. The molecular weight excluding hydrogens is 342 g/mol. The number of nitrogens with one attached hydrogen (secondary N) is 1. The lowest BCUT2D eigenvalue weighted by atomic mass is 10.1. The smallest absolute Gasteiger partial charge is 0.261 e. The maximum Gasteiger partial charge on any atom is 0.261 e. The van der Waals surface area contributed by atoms with Crippen LogP contribution in [0.2, 0.25) is 0 Å². The Morgan fingerprint density at radius 3 is 2.70 bits per heavy atom. The SMILES string of the molecule is CCCCCCCC(=O)NC(C)c1nc2ccccc2c(=O)n1CCOC. The number of hydrogen-bond acceptors (Lipinski definition) is 4. The second-order valence-electron chi connectivity index (χ2n) is 6.89. The summed E-state index contributed by atoms with van der Waals surface area (Å²) in [6.45, 7) is 4.85. The molecule has 2 rings (SSSR count). The molecule has 0 aliphatic carbocycles. The van der Waals surface area contributed by atoms with Crippen LogP contribution < -0.4 is 10.9 Å². The Bertz CT molecular complexity index is 801. The van der Waals surface area contributed by atoms with Crippen molar-refractivity contribution < 1.29 is 9.53 Å². The quantitative estimate of drug-likeness (QED) is 0.611. The fraction of sp³-hybridized carbons (Fsp3) is 0.571. The van der Waals surface area contributed by atoms with Gasteiger partial charge in [0, 0.05) is 13.5 Å². The minimum atomic E-state index is -0.345. The van der Waals surface area contributed by atoms with E-state index in [0.717, 1.165) is 12.8 Å². The minimum Gasteiger partial charge on any atom is -0.383 e. The van der Waals surface area contributed by atoms with Crippen molar-refractivity contribution in [3.05, 3.63) is 40.4 Å². The second-order valence-corrected chi connectivity index (χ2v) is 6.89. The molecule has 6 nitrogen and oxygen atoms in total. The number of methoxy groups -OCH3 is 1. The summed E-state index contributed by atoms with van der Waals surface area (Å²) in [5.41, 5.74) is 0.542. The van der Waals surface area contributed by atoms with Crippen molar-refractivity contribution >= 4 is 16.8 Å². The standard InChI is InChI=1S/C21H31N3O3/c1-4-5-6-7-8-13-19(25)22-16(2)20-23-18-12-10-9-11-17(18)21(26)24(20)14-15-27-3/h9-12,16H,4-8,13-15H2,1-3H3,(H,22,25). The van der Waals surface area contributed by atoms with Crippen molar-refractivity contribution in [2.45, 2.75) is 65.0 Å². The summed E-state index contributed by atoms with van der Waals surface area (Å²) in [6, 6.07) is 6.94. The molecule has 0 spiro atoms. The first kappa shape index (κ1) is 21.1. The van der Waals surface area contributed by atoms with Crippen LogP contribution in [0.15, 0.2) is 29.1 Å². The molecule has 2 aromatic rings. The van der Waals surface area contributed by atoms with Gasteiger partial charge >= 0.3 is 0 Å². The van der Waals surface area contributed by atoms with Gasteiger partial charge in [-0.3, -0.25) is 14.2 Å². The number of para-hydroxylation sites is 1. The van der Waals surface area contributed by atoms with Crippen LogP contribution >= 0.6 is 0 Å². The van der Waals surface area contributed by atoms with Gasteiger partial charge in [0.2, 0.25) is 5.91 Å². The first-order valence-electron chi connectivity index (χ1n) is 9.86. The molecule has 1 amide bonds. The number of amides is 1. The van der Waals surface area contributed by atoms with Crippen LogP contribution in [0.25, 0.3) is 10.9 Å². The largest absolute Gasteiger partial charge is 0.383 e. The van der Waals surface area contributed by atoms with E-state index in [1.54, 1.807) is 17.7 Å². The van der Waals surface area contributed by atoms with Gasteiger partial charge in [0.1, 0.15) is 5.82 Å². The zero-order valence-electron chi connectivity index (χ0n) is 16.7. The first-order chi connectivity index (χ1) is 13.1. The lowest BCUT2D eigenvalue weighted by molar-refractivity contribution is -0.121. The minimum absolute atomic E-state index is 0.000280. The number of nitrogens with zero attached hydrogens (tertiary/aromatic N) is 2. The number of rotatable bonds is 11. The first-order valence-corrected chi connectivity index (χ1v) is 9.86. The summed E-state index contributed by atoms with van der Waals surface area (Å²) in [7, 11) is 1.60. The van der Waals surface area contributed by atoms with Crippen LogP contribution in [-0.2, 0) is 16.1 Å².